The summed E-state index contributed by atoms with van der Waals surface area (Å²) < 4.78 is -1.80. The van der Waals surface area contributed by atoms with Crippen molar-refractivity contribution in [1.29, 1.82) is 0 Å². The largest absolute Gasteiger partial charge is 0.388 e. The molecule has 2 unspecified atom stereocenters. The average Bonchev–Trinajstić information content (AvgIpc) is 2.01. The molecule has 0 rings (SSSR count). The number of halogens is 1. The van der Waals surface area contributed by atoms with Gasteiger partial charge in [0.1, 0.15) is 12.7 Å². The Morgan fingerprint density at radius 1 is 1.82 bits per heavy atom. The molecular weight excluding hydrogens is 218 g/mol. The van der Waals surface area contributed by atoms with Gasteiger partial charge in [0, 0.05) is 20.9 Å². The smallest absolute Gasteiger partial charge is 0.322 e. The van der Waals surface area contributed by atoms with Crippen molar-refractivity contribution in [2.45, 2.75) is 23.9 Å². The van der Waals surface area contributed by atoms with Gasteiger partial charge in [-0.05, 0) is 6.42 Å². The van der Waals surface area contributed by atoms with E-state index in [0.29, 0.717) is 0 Å². The molecule has 0 aliphatic heterocycles. The van der Waals surface area contributed by atoms with Crippen LogP contribution in [-0.2, 0) is 0 Å². The first-order chi connectivity index (χ1) is 4.99. The Hall–Kier alpha value is -0.200. The Morgan fingerprint density at radius 2 is 2.27 bits per heavy atom. The highest BCUT2D eigenvalue weighted by molar-refractivity contribution is 9.10. The number of rotatable bonds is 4. The van der Waals surface area contributed by atoms with Gasteiger partial charge < -0.3 is 10.2 Å². The first-order valence-electron chi connectivity index (χ1n) is 3.11. The molecule has 0 fully saturated rings. The standard InChI is InChI=1S/C5H10BrNO4/c1-2-4(9)5(6,3-8)7(10)11/h4,8-9H,2-3H2,1H3. The van der Waals surface area contributed by atoms with E-state index in [9.17, 15) is 10.1 Å². The van der Waals surface area contributed by atoms with Gasteiger partial charge in [0.2, 0.25) is 0 Å². The molecule has 0 radical (unpaired) electrons. The molecule has 0 heterocycles. The van der Waals surface area contributed by atoms with Gasteiger partial charge in [0.15, 0.2) is 0 Å². The SMILES string of the molecule is CCC(O)C(Br)(CO)[N+](=O)[O-]. The van der Waals surface area contributed by atoms with Crippen molar-refractivity contribution in [2.75, 3.05) is 6.61 Å². The molecule has 11 heavy (non-hydrogen) atoms. The predicted octanol–water partition coefficient (Wildman–Crippen LogP) is 0.117. The van der Waals surface area contributed by atoms with Crippen molar-refractivity contribution in [3.05, 3.63) is 10.1 Å². The molecule has 0 aromatic heterocycles. The average molecular weight is 228 g/mol. The Labute approximate surface area is 72.3 Å². The summed E-state index contributed by atoms with van der Waals surface area (Å²) in [7, 11) is 0. The second-order valence-corrected chi connectivity index (χ2v) is 3.53. The molecule has 0 aromatic rings. The highest BCUT2D eigenvalue weighted by Gasteiger charge is 2.46. The third kappa shape index (κ3) is 2.11. The van der Waals surface area contributed by atoms with E-state index in [0.717, 1.165) is 0 Å². The van der Waals surface area contributed by atoms with Crippen LogP contribution in [0, 0.1) is 10.1 Å². The van der Waals surface area contributed by atoms with Crippen LogP contribution in [0.15, 0.2) is 0 Å². The fourth-order valence-electron chi connectivity index (χ4n) is 0.598. The third-order valence-corrected chi connectivity index (χ3v) is 2.49. The van der Waals surface area contributed by atoms with E-state index >= 15 is 0 Å². The molecule has 0 bridgehead atoms. The zero-order valence-electron chi connectivity index (χ0n) is 6.03. The van der Waals surface area contributed by atoms with Gasteiger partial charge >= 0.3 is 4.45 Å². The minimum absolute atomic E-state index is 0.215. The molecule has 6 heteroatoms. The van der Waals surface area contributed by atoms with Crippen LogP contribution in [0.3, 0.4) is 0 Å². The predicted molar refractivity (Wildman–Crippen MR) is 42.0 cm³/mol. The number of nitro groups is 1. The highest BCUT2D eigenvalue weighted by Crippen LogP contribution is 2.24. The monoisotopic (exact) mass is 227 g/mol. The maximum Gasteiger partial charge on any atom is 0.322 e. The van der Waals surface area contributed by atoms with E-state index < -0.39 is 22.1 Å². The number of aliphatic hydroxyl groups excluding tert-OH is 2. The minimum Gasteiger partial charge on any atom is -0.388 e. The van der Waals surface area contributed by atoms with Gasteiger partial charge in [-0.25, -0.2) is 0 Å². The third-order valence-electron chi connectivity index (χ3n) is 1.42. The van der Waals surface area contributed by atoms with Crippen LogP contribution < -0.4 is 0 Å². The molecule has 0 aromatic carbocycles. The van der Waals surface area contributed by atoms with Crippen LogP contribution >= 0.6 is 15.9 Å². The topological polar surface area (TPSA) is 83.6 Å². The number of nitrogens with zero attached hydrogens (tertiary/aromatic N) is 1. The molecule has 0 saturated carbocycles. The zero-order chi connectivity index (χ0) is 9.07. The summed E-state index contributed by atoms with van der Waals surface area (Å²) in [5.41, 5.74) is 0. The van der Waals surface area contributed by atoms with E-state index in [1.165, 1.54) is 0 Å². The Bertz CT molecular complexity index is 153. The Morgan fingerprint density at radius 3 is 2.36 bits per heavy atom. The van der Waals surface area contributed by atoms with Gasteiger partial charge in [-0.3, -0.25) is 10.1 Å². The van der Waals surface area contributed by atoms with Gasteiger partial charge in [-0.2, -0.15) is 0 Å². The molecule has 0 aliphatic carbocycles. The lowest BCUT2D eigenvalue weighted by Gasteiger charge is -2.20. The summed E-state index contributed by atoms with van der Waals surface area (Å²) >= 11 is 2.68. The van der Waals surface area contributed by atoms with Crippen LogP contribution in [0.1, 0.15) is 13.3 Å². The van der Waals surface area contributed by atoms with Crippen LogP contribution in [0.2, 0.25) is 0 Å². The fourth-order valence-corrected chi connectivity index (χ4v) is 0.921. The van der Waals surface area contributed by atoms with Crippen molar-refractivity contribution in [3.63, 3.8) is 0 Å². The number of hydrogen-bond donors (Lipinski definition) is 2. The highest BCUT2D eigenvalue weighted by atomic mass is 79.9. The minimum atomic E-state index is -1.80. The van der Waals surface area contributed by atoms with Gasteiger partial charge in [-0.1, -0.05) is 6.92 Å². The van der Waals surface area contributed by atoms with Crippen LogP contribution in [0.5, 0.6) is 0 Å². The Kier molecular flexibility index (Phi) is 3.91. The number of aliphatic hydroxyl groups is 2. The lowest BCUT2D eigenvalue weighted by atomic mass is 10.1. The van der Waals surface area contributed by atoms with Gasteiger partial charge in [0.05, 0.1) is 0 Å². The first kappa shape index (κ1) is 10.8. The van der Waals surface area contributed by atoms with Gasteiger partial charge in [-0.15, -0.1) is 0 Å². The van der Waals surface area contributed by atoms with E-state index in [2.05, 4.69) is 15.9 Å². The second kappa shape index (κ2) is 3.99. The normalized spacial score (nSPS) is 18.9. The molecule has 0 aliphatic rings. The summed E-state index contributed by atoms with van der Waals surface area (Å²) in [4.78, 5) is 9.56. The fraction of sp³-hybridized carbons (Fsp3) is 1.00. The van der Waals surface area contributed by atoms with Crippen LogP contribution in [0.25, 0.3) is 0 Å². The number of alkyl halides is 1. The van der Waals surface area contributed by atoms with Crippen molar-refractivity contribution in [1.82, 2.24) is 0 Å². The maximum atomic E-state index is 10.3. The van der Waals surface area contributed by atoms with Crippen LogP contribution in [0.4, 0.5) is 0 Å². The van der Waals surface area contributed by atoms with Crippen molar-refractivity contribution in [2.24, 2.45) is 0 Å². The van der Waals surface area contributed by atoms with Crippen molar-refractivity contribution < 1.29 is 15.1 Å². The maximum absolute atomic E-state index is 10.3. The zero-order valence-corrected chi connectivity index (χ0v) is 7.61. The summed E-state index contributed by atoms with van der Waals surface area (Å²) in [5.74, 6) is 0. The van der Waals surface area contributed by atoms with Crippen LogP contribution in [-0.4, -0.2) is 32.3 Å². The summed E-state index contributed by atoms with van der Waals surface area (Å²) in [6.07, 6.45) is -0.963. The summed E-state index contributed by atoms with van der Waals surface area (Å²) in [6.45, 7) is 0.870. The summed E-state index contributed by atoms with van der Waals surface area (Å²) in [6, 6.07) is 0. The molecule has 66 valence electrons. The van der Waals surface area contributed by atoms with Crippen molar-refractivity contribution >= 4 is 15.9 Å². The van der Waals surface area contributed by atoms with E-state index in [-0.39, 0.29) is 6.42 Å². The quantitative estimate of drug-likeness (QED) is 0.309. The molecule has 0 spiro atoms. The molecule has 0 amide bonds. The lowest BCUT2D eigenvalue weighted by molar-refractivity contribution is -0.551. The Balaban J connectivity index is 4.45. The molecule has 2 N–H and O–H groups in total. The van der Waals surface area contributed by atoms with E-state index in [4.69, 9.17) is 10.2 Å². The second-order valence-electron chi connectivity index (χ2n) is 2.16. The molecular formula is C5H10BrNO4. The van der Waals surface area contributed by atoms with Crippen molar-refractivity contribution in [3.8, 4) is 0 Å². The first-order valence-corrected chi connectivity index (χ1v) is 3.90. The molecule has 5 nitrogen and oxygen atoms in total. The molecule has 2 atom stereocenters. The van der Waals surface area contributed by atoms with Gasteiger partial charge in [0.25, 0.3) is 0 Å². The lowest BCUT2D eigenvalue weighted by Crippen LogP contribution is -2.46. The summed E-state index contributed by atoms with van der Waals surface area (Å²) in [5, 5.41) is 28.0. The molecule has 0 saturated heterocycles. The van der Waals surface area contributed by atoms with E-state index in [1.807, 2.05) is 0 Å². The van der Waals surface area contributed by atoms with E-state index in [1.54, 1.807) is 6.92 Å². The number of hydrogen-bond acceptors (Lipinski definition) is 4.